The number of aromatic nitrogens is 2. The van der Waals surface area contributed by atoms with E-state index < -0.39 is 0 Å². The number of H-pyrrole nitrogens is 1. The van der Waals surface area contributed by atoms with Gasteiger partial charge in [-0.15, -0.1) is 0 Å². The third kappa shape index (κ3) is 3.00. The highest BCUT2D eigenvalue weighted by Crippen LogP contribution is 2.22. The van der Waals surface area contributed by atoms with E-state index in [1.807, 2.05) is 6.07 Å². The molecule has 118 valence electrons. The van der Waals surface area contributed by atoms with Crippen LogP contribution in [0.3, 0.4) is 0 Å². The minimum absolute atomic E-state index is 0.768. The summed E-state index contributed by atoms with van der Waals surface area (Å²) in [5.74, 6) is 0.768. The molecule has 5 nitrogen and oxygen atoms in total. The molecule has 0 atom stereocenters. The summed E-state index contributed by atoms with van der Waals surface area (Å²) in [4.78, 5) is 10.2. The highest BCUT2D eigenvalue weighted by Gasteiger charge is 2.11. The van der Waals surface area contributed by atoms with E-state index in [1.54, 1.807) is 0 Å². The Labute approximate surface area is 135 Å². The van der Waals surface area contributed by atoms with Gasteiger partial charge in [0, 0.05) is 24.5 Å². The van der Waals surface area contributed by atoms with Crippen molar-refractivity contribution in [2.75, 3.05) is 36.5 Å². The zero-order valence-corrected chi connectivity index (χ0v) is 13.2. The van der Waals surface area contributed by atoms with Gasteiger partial charge in [-0.3, -0.25) is 0 Å². The van der Waals surface area contributed by atoms with E-state index in [0.717, 1.165) is 49.0 Å². The summed E-state index contributed by atoms with van der Waals surface area (Å²) < 4.78 is 5.39. The van der Waals surface area contributed by atoms with Gasteiger partial charge in [-0.05, 0) is 48.9 Å². The number of aromatic amines is 1. The molecule has 2 heterocycles. The number of imidazole rings is 1. The third-order valence-electron chi connectivity index (χ3n) is 4.14. The van der Waals surface area contributed by atoms with Crippen LogP contribution >= 0.6 is 0 Å². The predicted octanol–water partition coefficient (Wildman–Crippen LogP) is 3.45. The molecule has 1 saturated heterocycles. The maximum absolute atomic E-state index is 5.39. The molecule has 0 bridgehead atoms. The number of aryl methyl sites for hydroxylation is 1. The van der Waals surface area contributed by atoms with E-state index in [2.05, 4.69) is 63.5 Å². The Morgan fingerprint density at radius 2 is 1.87 bits per heavy atom. The van der Waals surface area contributed by atoms with Crippen molar-refractivity contribution in [1.82, 2.24) is 9.97 Å². The van der Waals surface area contributed by atoms with Gasteiger partial charge in [0.25, 0.3) is 0 Å². The molecular formula is C18H20N4O. The van der Waals surface area contributed by atoms with Crippen LogP contribution in [0, 0.1) is 6.92 Å². The normalized spacial score (nSPS) is 15.1. The highest BCUT2D eigenvalue weighted by atomic mass is 16.5. The first-order chi connectivity index (χ1) is 11.3. The van der Waals surface area contributed by atoms with Crippen molar-refractivity contribution in [3.8, 4) is 0 Å². The van der Waals surface area contributed by atoms with E-state index in [9.17, 15) is 0 Å². The molecule has 0 spiro atoms. The molecule has 2 N–H and O–H groups in total. The fraction of sp³-hybridized carbons (Fsp3) is 0.278. The maximum atomic E-state index is 5.39. The number of benzene rings is 2. The molecule has 0 radical (unpaired) electrons. The van der Waals surface area contributed by atoms with Crippen LogP contribution in [0.25, 0.3) is 11.0 Å². The number of rotatable bonds is 3. The minimum atomic E-state index is 0.768. The van der Waals surface area contributed by atoms with E-state index in [1.165, 1.54) is 11.3 Å². The summed E-state index contributed by atoms with van der Waals surface area (Å²) in [5, 5.41) is 3.33. The topological polar surface area (TPSA) is 53.2 Å². The van der Waals surface area contributed by atoms with Gasteiger partial charge < -0.3 is 19.9 Å². The van der Waals surface area contributed by atoms with E-state index >= 15 is 0 Å². The average Bonchev–Trinajstić information content (AvgIpc) is 2.97. The Kier molecular flexibility index (Phi) is 3.63. The summed E-state index contributed by atoms with van der Waals surface area (Å²) in [6.07, 6.45) is 0. The molecule has 2 aromatic carbocycles. The first kappa shape index (κ1) is 14.1. The lowest BCUT2D eigenvalue weighted by Crippen LogP contribution is -2.36. The van der Waals surface area contributed by atoms with Crippen molar-refractivity contribution in [2.45, 2.75) is 6.92 Å². The monoisotopic (exact) mass is 308 g/mol. The van der Waals surface area contributed by atoms with Crippen LogP contribution in [-0.2, 0) is 4.74 Å². The van der Waals surface area contributed by atoms with Crippen LogP contribution in [0.15, 0.2) is 42.5 Å². The maximum Gasteiger partial charge on any atom is 0.205 e. The standard InChI is InChI=1S/C18H20N4O/c1-13-2-7-16-17(12-13)21-18(20-16)19-14-3-5-15(6-4-14)22-8-10-23-11-9-22/h2-7,12H,8-11H2,1H3,(H2,19,20,21). The molecular weight excluding hydrogens is 288 g/mol. The average molecular weight is 308 g/mol. The second-order valence-corrected chi connectivity index (χ2v) is 5.88. The molecule has 3 aromatic rings. The Bertz CT molecular complexity index is 804. The summed E-state index contributed by atoms with van der Waals surface area (Å²) in [7, 11) is 0. The zero-order valence-electron chi connectivity index (χ0n) is 13.2. The van der Waals surface area contributed by atoms with Crippen LogP contribution in [-0.4, -0.2) is 36.3 Å². The summed E-state index contributed by atoms with van der Waals surface area (Å²) in [6, 6.07) is 14.7. The van der Waals surface area contributed by atoms with E-state index in [4.69, 9.17) is 4.74 Å². The number of ether oxygens (including phenoxy) is 1. The predicted molar refractivity (Wildman–Crippen MR) is 93.6 cm³/mol. The van der Waals surface area contributed by atoms with Crippen LogP contribution in [0.4, 0.5) is 17.3 Å². The van der Waals surface area contributed by atoms with Gasteiger partial charge in [-0.2, -0.15) is 0 Å². The number of anilines is 3. The number of hydrogen-bond donors (Lipinski definition) is 2. The molecule has 1 aliphatic rings. The van der Waals surface area contributed by atoms with Crippen molar-refractivity contribution >= 4 is 28.4 Å². The van der Waals surface area contributed by atoms with Crippen molar-refractivity contribution in [3.05, 3.63) is 48.0 Å². The van der Waals surface area contributed by atoms with Crippen molar-refractivity contribution in [1.29, 1.82) is 0 Å². The van der Waals surface area contributed by atoms with Gasteiger partial charge in [0.15, 0.2) is 0 Å². The third-order valence-corrected chi connectivity index (χ3v) is 4.14. The lowest BCUT2D eigenvalue weighted by molar-refractivity contribution is 0.122. The molecule has 4 rings (SSSR count). The second kappa shape index (κ2) is 5.93. The van der Waals surface area contributed by atoms with E-state index in [0.29, 0.717) is 0 Å². The SMILES string of the molecule is Cc1ccc2nc(Nc3ccc(N4CCOCC4)cc3)[nH]c2c1. The first-order valence-corrected chi connectivity index (χ1v) is 7.94. The molecule has 0 saturated carbocycles. The Balaban J connectivity index is 1.51. The number of morpholine rings is 1. The summed E-state index contributed by atoms with van der Waals surface area (Å²) >= 11 is 0. The van der Waals surface area contributed by atoms with Gasteiger partial charge in [0.1, 0.15) is 0 Å². The molecule has 1 fully saturated rings. The smallest absolute Gasteiger partial charge is 0.205 e. The first-order valence-electron chi connectivity index (χ1n) is 7.94. The van der Waals surface area contributed by atoms with Crippen LogP contribution in [0.5, 0.6) is 0 Å². The Morgan fingerprint density at radius 1 is 1.09 bits per heavy atom. The quantitative estimate of drug-likeness (QED) is 0.778. The van der Waals surface area contributed by atoms with Crippen molar-refractivity contribution in [3.63, 3.8) is 0 Å². The van der Waals surface area contributed by atoms with Gasteiger partial charge in [0.05, 0.1) is 24.2 Å². The molecule has 0 amide bonds. The molecule has 0 aliphatic carbocycles. The van der Waals surface area contributed by atoms with Gasteiger partial charge in [-0.1, -0.05) is 6.07 Å². The second-order valence-electron chi connectivity index (χ2n) is 5.88. The molecule has 1 aromatic heterocycles. The van der Waals surface area contributed by atoms with Crippen LogP contribution < -0.4 is 10.2 Å². The van der Waals surface area contributed by atoms with Crippen molar-refractivity contribution < 1.29 is 4.74 Å². The lowest BCUT2D eigenvalue weighted by Gasteiger charge is -2.28. The van der Waals surface area contributed by atoms with Gasteiger partial charge in [-0.25, -0.2) is 4.98 Å². The van der Waals surface area contributed by atoms with Crippen LogP contribution in [0.1, 0.15) is 5.56 Å². The van der Waals surface area contributed by atoms with Crippen molar-refractivity contribution in [2.24, 2.45) is 0 Å². The van der Waals surface area contributed by atoms with E-state index in [-0.39, 0.29) is 0 Å². The van der Waals surface area contributed by atoms with Crippen LogP contribution in [0.2, 0.25) is 0 Å². The summed E-state index contributed by atoms with van der Waals surface area (Å²) in [6.45, 7) is 5.60. The lowest BCUT2D eigenvalue weighted by atomic mass is 10.2. The fourth-order valence-corrected chi connectivity index (χ4v) is 2.90. The Morgan fingerprint density at radius 3 is 2.65 bits per heavy atom. The summed E-state index contributed by atoms with van der Waals surface area (Å²) in [5.41, 5.74) is 5.51. The minimum Gasteiger partial charge on any atom is -0.378 e. The highest BCUT2D eigenvalue weighted by molar-refractivity contribution is 5.79. The molecule has 0 unspecified atom stereocenters. The Hall–Kier alpha value is -2.53. The fourth-order valence-electron chi connectivity index (χ4n) is 2.90. The molecule has 5 heteroatoms. The number of nitrogens with zero attached hydrogens (tertiary/aromatic N) is 2. The van der Waals surface area contributed by atoms with Gasteiger partial charge in [0.2, 0.25) is 5.95 Å². The number of fused-ring (bicyclic) bond motifs is 1. The van der Waals surface area contributed by atoms with Gasteiger partial charge >= 0.3 is 0 Å². The number of nitrogens with one attached hydrogen (secondary N) is 2. The zero-order chi connectivity index (χ0) is 15.6. The molecule has 1 aliphatic heterocycles. The largest absolute Gasteiger partial charge is 0.378 e. The number of hydrogen-bond acceptors (Lipinski definition) is 4. The molecule has 23 heavy (non-hydrogen) atoms.